The Kier molecular flexibility index (Phi) is 5.81. The molecule has 0 saturated carbocycles. The summed E-state index contributed by atoms with van der Waals surface area (Å²) in [5, 5.41) is 12.3. The molecule has 112 valence electrons. The summed E-state index contributed by atoms with van der Waals surface area (Å²) in [6.45, 7) is 11.0. The molecule has 0 fully saturated rings. The Morgan fingerprint density at radius 1 is 1.21 bits per heavy atom. The molecule has 0 aliphatic carbocycles. The molecule has 2 atom stereocenters. The van der Waals surface area contributed by atoms with E-state index < -0.39 is 29.7 Å². The van der Waals surface area contributed by atoms with Crippen LogP contribution in [0.4, 0.5) is 4.79 Å². The number of aliphatic hydroxyl groups is 1. The summed E-state index contributed by atoms with van der Waals surface area (Å²) < 4.78 is 5.10. The fraction of sp³-hybridized carbons (Fsp3) is 0.846. The molecule has 0 radical (unpaired) electrons. The van der Waals surface area contributed by atoms with Gasteiger partial charge >= 0.3 is 6.09 Å². The van der Waals surface area contributed by atoms with Crippen molar-refractivity contribution >= 4 is 12.0 Å². The van der Waals surface area contributed by atoms with Crippen molar-refractivity contribution in [2.45, 2.75) is 65.7 Å². The van der Waals surface area contributed by atoms with Gasteiger partial charge in [0.05, 0.1) is 6.04 Å². The average molecular weight is 274 g/mol. The standard InChI is InChI=1S/C13H26N2O4/c1-12(2,3)7-8(9(16)10(14)17)15-11(18)19-13(4,5)6/h8-9,16H,7H2,1-6H3,(H2,14,17)(H,15,18)/t8-,9?/m0/s1. The Morgan fingerprint density at radius 2 is 1.68 bits per heavy atom. The van der Waals surface area contributed by atoms with E-state index in [9.17, 15) is 14.7 Å². The molecule has 6 heteroatoms. The van der Waals surface area contributed by atoms with Gasteiger partial charge in [-0.25, -0.2) is 4.79 Å². The van der Waals surface area contributed by atoms with Crippen molar-refractivity contribution < 1.29 is 19.4 Å². The summed E-state index contributed by atoms with van der Waals surface area (Å²) >= 11 is 0. The zero-order valence-corrected chi connectivity index (χ0v) is 12.6. The summed E-state index contributed by atoms with van der Waals surface area (Å²) in [4.78, 5) is 22.8. The monoisotopic (exact) mass is 274 g/mol. The number of primary amides is 1. The Balaban J connectivity index is 4.77. The third kappa shape index (κ3) is 8.42. The largest absolute Gasteiger partial charge is 0.444 e. The normalized spacial score (nSPS) is 15.5. The number of carbonyl (C=O) groups is 2. The third-order valence-corrected chi connectivity index (χ3v) is 2.21. The van der Waals surface area contributed by atoms with Gasteiger partial charge in [0.25, 0.3) is 0 Å². The number of alkyl carbamates (subject to hydrolysis) is 1. The molecule has 0 aliphatic rings. The Hall–Kier alpha value is -1.30. The molecule has 0 spiro atoms. The maximum Gasteiger partial charge on any atom is 0.407 e. The van der Waals surface area contributed by atoms with Crippen LogP contribution in [-0.4, -0.2) is 34.9 Å². The van der Waals surface area contributed by atoms with Crippen molar-refractivity contribution in [3.8, 4) is 0 Å². The van der Waals surface area contributed by atoms with Crippen molar-refractivity contribution in [1.82, 2.24) is 5.32 Å². The molecule has 0 aromatic rings. The third-order valence-electron chi connectivity index (χ3n) is 2.21. The van der Waals surface area contributed by atoms with Crippen LogP contribution in [-0.2, 0) is 9.53 Å². The lowest BCUT2D eigenvalue weighted by molar-refractivity contribution is -0.127. The highest BCUT2D eigenvalue weighted by Crippen LogP contribution is 2.22. The van der Waals surface area contributed by atoms with Gasteiger partial charge in [-0.3, -0.25) is 4.79 Å². The lowest BCUT2D eigenvalue weighted by atomic mass is 9.86. The van der Waals surface area contributed by atoms with E-state index in [4.69, 9.17) is 10.5 Å². The summed E-state index contributed by atoms with van der Waals surface area (Å²) in [5.41, 5.74) is 4.25. The quantitative estimate of drug-likeness (QED) is 0.716. The highest BCUT2D eigenvalue weighted by Gasteiger charge is 2.31. The number of rotatable bonds is 4. The predicted molar refractivity (Wildman–Crippen MR) is 72.4 cm³/mol. The first kappa shape index (κ1) is 17.7. The van der Waals surface area contributed by atoms with Crippen LogP contribution in [0.5, 0.6) is 0 Å². The van der Waals surface area contributed by atoms with E-state index in [1.54, 1.807) is 20.8 Å². The van der Waals surface area contributed by atoms with Crippen LogP contribution in [0, 0.1) is 5.41 Å². The highest BCUT2D eigenvalue weighted by atomic mass is 16.6. The summed E-state index contributed by atoms with van der Waals surface area (Å²) in [6.07, 6.45) is -1.72. The molecule has 6 nitrogen and oxygen atoms in total. The van der Waals surface area contributed by atoms with Crippen molar-refractivity contribution in [1.29, 1.82) is 0 Å². The first-order valence-corrected chi connectivity index (χ1v) is 6.29. The van der Waals surface area contributed by atoms with Gasteiger partial charge in [-0.05, 0) is 32.6 Å². The molecular formula is C13H26N2O4. The average Bonchev–Trinajstić information content (AvgIpc) is 2.09. The van der Waals surface area contributed by atoms with Crippen molar-refractivity contribution in [2.24, 2.45) is 11.1 Å². The van der Waals surface area contributed by atoms with E-state index in [0.717, 1.165) is 0 Å². The lowest BCUT2D eigenvalue weighted by Gasteiger charge is -2.30. The molecule has 0 rings (SSSR count). The van der Waals surface area contributed by atoms with Gasteiger partial charge < -0.3 is 20.9 Å². The molecule has 0 aliphatic heterocycles. The first-order valence-electron chi connectivity index (χ1n) is 6.29. The van der Waals surface area contributed by atoms with E-state index in [2.05, 4.69) is 5.32 Å². The number of nitrogens with one attached hydrogen (secondary N) is 1. The van der Waals surface area contributed by atoms with Gasteiger partial charge in [-0.1, -0.05) is 20.8 Å². The molecule has 0 aromatic heterocycles. The number of amides is 2. The van der Waals surface area contributed by atoms with Gasteiger partial charge in [-0.15, -0.1) is 0 Å². The maximum atomic E-state index is 11.7. The highest BCUT2D eigenvalue weighted by molar-refractivity contribution is 5.80. The number of aliphatic hydroxyl groups excluding tert-OH is 1. The summed E-state index contributed by atoms with van der Waals surface area (Å²) in [5.74, 6) is -0.870. The molecule has 2 amide bonds. The molecule has 0 saturated heterocycles. The zero-order chi connectivity index (χ0) is 15.4. The SMILES string of the molecule is CC(C)(C)C[C@H](NC(=O)OC(C)(C)C)C(O)C(N)=O. The second-order valence-electron chi connectivity index (χ2n) is 6.86. The van der Waals surface area contributed by atoms with Crippen molar-refractivity contribution in [2.75, 3.05) is 0 Å². The van der Waals surface area contributed by atoms with E-state index in [1.807, 2.05) is 20.8 Å². The van der Waals surface area contributed by atoms with Crippen LogP contribution >= 0.6 is 0 Å². The van der Waals surface area contributed by atoms with Gasteiger partial charge in [0.15, 0.2) is 6.10 Å². The fourth-order valence-electron chi connectivity index (χ4n) is 1.56. The fourth-order valence-corrected chi connectivity index (χ4v) is 1.56. The maximum absolute atomic E-state index is 11.7. The second kappa shape index (κ2) is 6.23. The first-order chi connectivity index (χ1) is 8.32. The van der Waals surface area contributed by atoms with E-state index in [-0.39, 0.29) is 5.41 Å². The summed E-state index contributed by atoms with van der Waals surface area (Å²) in [7, 11) is 0. The Morgan fingerprint density at radius 3 is 2.00 bits per heavy atom. The number of hydrogen-bond donors (Lipinski definition) is 3. The van der Waals surface area contributed by atoms with Crippen LogP contribution in [0.25, 0.3) is 0 Å². The van der Waals surface area contributed by atoms with Gasteiger partial charge in [-0.2, -0.15) is 0 Å². The molecule has 19 heavy (non-hydrogen) atoms. The minimum Gasteiger partial charge on any atom is -0.444 e. The van der Waals surface area contributed by atoms with Crippen LogP contribution in [0.1, 0.15) is 48.0 Å². The van der Waals surface area contributed by atoms with Crippen molar-refractivity contribution in [3.63, 3.8) is 0 Å². The lowest BCUT2D eigenvalue weighted by Crippen LogP contribution is -2.51. The zero-order valence-electron chi connectivity index (χ0n) is 12.6. The Labute approximate surface area is 114 Å². The molecule has 0 heterocycles. The summed E-state index contributed by atoms with van der Waals surface area (Å²) in [6, 6.07) is -0.771. The van der Waals surface area contributed by atoms with E-state index >= 15 is 0 Å². The van der Waals surface area contributed by atoms with Crippen LogP contribution in [0.2, 0.25) is 0 Å². The van der Waals surface area contributed by atoms with Crippen LogP contribution in [0.3, 0.4) is 0 Å². The van der Waals surface area contributed by atoms with Gasteiger partial charge in [0.2, 0.25) is 5.91 Å². The van der Waals surface area contributed by atoms with E-state index in [1.165, 1.54) is 0 Å². The van der Waals surface area contributed by atoms with Crippen LogP contribution in [0.15, 0.2) is 0 Å². The van der Waals surface area contributed by atoms with Crippen molar-refractivity contribution in [3.05, 3.63) is 0 Å². The minimum atomic E-state index is -1.44. The Bertz CT molecular complexity index is 329. The number of carbonyl (C=O) groups excluding carboxylic acids is 2. The molecular weight excluding hydrogens is 248 g/mol. The molecule has 0 bridgehead atoms. The minimum absolute atomic E-state index is 0.184. The van der Waals surface area contributed by atoms with Gasteiger partial charge in [0.1, 0.15) is 5.60 Å². The van der Waals surface area contributed by atoms with Gasteiger partial charge in [0, 0.05) is 0 Å². The smallest absolute Gasteiger partial charge is 0.407 e. The predicted octanol–water partition coefficient (Wildman–Crippen LogP) is 1.16. The number of nitrogens with two attached hydrogens (primary N) is 1. The topological polar surface area (TPSA) is 102 Å². The molecule has 0 aromatic carbocycles. The van der Waals surface area contributed by atoms with Crippen LogP contribution < -0.4 is 11.1 Å². The van der Waals surface area contributed by atoms with E-state index in [0.29, 0.717) is 6.42 Å². The number of hydrogen-bond acceptors (Lipinski definition) is 4. The molecule has 4 N–H and O–H groups in total. The second-order valence-corrected chi connectivity index (χ2v) is 6.86. The number of ether oxygens (including phenoxy) is 1. The molecule has 1 unspecified atom stereocenters.